The van der Waals surface area contributed by atoms with Crippen LogP contribution in [-0.2, 0) is 29.2 Å². The molecule has 1 aromatic rings. The van der Waals surface area contributed by atoms with Crippen molar-refractivity contribution < 1.29 is 38.1 Å². The Labute approximate surface area is 179 Å². The molecule has 31 heavy (non-hydrogen) atoms. The number of carbonyl (C=O) groups is 3. The normalized spacial score (nSPS) is 38.6. The van der Waals surface area contributed by atoms with Gasteiger partial charge in [0.05, 0.1) is 30.0 Å². The van der Waals surface area contributed by atoms with Gasteiger partial charge in [-0.15, -0.1) is 0 Å². The van der Waals surface area contributed by atoms with Gasteiger partial charge in [-0.2, -0.15) is 0 Å². The van der Waals surface area contributed by atoms with E-state index in [0.717, 1.165) is 0 Å². The summed E-state index contributed by atoms with van der Waals surface area (Å²) in [5, 5.41) is 10.5. The van der Waals surface area contributed by atoms with Crippen LogP contribution in [0, 0.1) is 11.3 Å². The molecule has 1 aliphatic heterocycles. The van der Waals surface area contributed by atoms with Crippen LogP contribution in [-0.4, -0.2) is 48.6 Å². The molecule has 1 saturated carbocycles. The van der Waals surface area contributed by atoms with Crippen molar-refractivity contribution in [2.75, 3.05) is 13.7 Å². The molecule has 6 atom stereocenters. The second-order valence-electron chi connectivity index (χ2n) is 9.42. The molecule has 5 rings (SSSR count). The first-order chi connectivity index (χ1) is 14.6. The fraction of sp³-hybridized carbons (Fsp3) is 0.609. The average Bonchev–Trinajstić information content (AvgIpc) is 3.27. The van der Waals surface area contributed by atoms with Crippen LogP contribution in [0.15, 0.2) is 21.8 Å². The van der Waals surface area contributed by atoms with Crippen LogP contribution < -0.4 is 0 Å². The zero-order valence-corrected chi connectivity index (χ0v) is 18.0. The summed E-state index contributed by atoms with van der Waals surface area (Å²) >= 11 is 0. The van der Waals surface area contributed by atoms with Crippen LogP contribution in [0.25, 0.3) is 0 Å². The van der Waals surface area contributed by atoms with E-state index < -0.39 is 35.3 Å². The number of methoxy groups -OCH3 is 1. The van der Waals surface area contributed by atoms with Crippen molar-refractivity contribution in [2.24, 2.45) is 11.3 Å². The van der Waals surface area contributed by atoms with Crippen molar-refractivity contribution in [3.63, 3.8) is 0 Å². The minimum absolute atomic E-state index is 0.0776. The van der Waals surface area contributed by atoms with Crippen LogP contribution >= 0.6 is 0 Å². The second-order valence-corrected chi connectivity index (χ2v) is 9.42. The Bertz CT molecular complexity index is 1030. The first-order valence-corrected chi connectivity index (χ1v) is 10.6. The summed E-state index contributed by atoms with van der Waals surface area (Å²) in [5.41, 5.74) is 0.369. The number of hydrogen-bond donors (Lipinski definition) is 1. The van der Waals surface area contributed by atoms with Gasteiger partial charge in [-0.25, -0.2) is 0 Å². The lowest BCUT2D eigenvalue weighted by Crippen LogP contribution is -2.57. The molecule has 8 nitrogen and oxygen atoms in total. The fourth-order valence-corrected chi connectivity index (χ4v) is 6.41. The predicted octanol–water partition coefficient (Wildman–Crippen LogP) is 2.39. The van der Waals surface area contributed by atoms with E-state index in [1.807, 2.05) is 13.8 Å². The van der Waals surface area contributed by atoms with Crippen molar-refractivity contribution >= 4 is 17.5 Å². The quantitative estimate of drug-likeness (QED) is 0.728. The van der Waals surface area contributed by atoms with Gasteiger partial charge in [0.1, 0.15) is 11.9 Å². The third-order valence-corrected chi connectivity index (χ3v) is 7.81. The summed E-state index contributed by atoms with van der Waals surface area (Å²) in [7, 11) is 1.53. The fourth-order valence-electron chi connectivity index (χ4n) is 6.41. The molecule has 0 amide bonds. The molecule has 0 spiro atoms. The lowest BCUT2D eigenvalue weighted by molar-refractivity contribution is -0.185. The molecular formula is C23H26O8. The second kappa shape index (κ2) is 6.60. The Balaban J connectivity index is 1.81. The maximum absolute atomic E-state index is 13.7. The average molecular weight is 430 g/mol. The summed E-state index contributed by atoms with van der Waals surface area (Å²) in [6.07, 6.45) is -0.0705. The van der Waals surface area contributed by atoms with E-state index in [4.69, 9.17) is 18.6 Å². The Morgan fingerprint density at radius 2 is 2.06 bits per heavy atom. The smallest absolute Gasteiger partial charge is 0.303 e. The maximum Gasteiger partial charge on any atom is 0.303 e. The lowest BCUT2D eigenvalue weighted by atomic mass is 9.54. The molecule has 1 unspecified atom stereocenters. The van der Waals surface area contributed by atoms with Crippen LogP contribution in [0.4, 0.5) is 0 Å². The molecule has 166 valence electrons. The number of fused-ring (bicyclic) bond motifs is 3. The minimum Gasteiger partial charge on any atom is -0.460 e. The van der Waals surface area contributed by atoms with Gasteiger partial charge in [0.15, 0.2) is 12.1 Å². The first-order valence-electron chi connectivity index (χ1n) is 10.6. The molecule has 3 aliphatic carbocycles. The highest BCUT2D eigenvalue weighted by Crippen LogP contribution is 2.61. The molecule has 8 heteroatoms. The van der Waals surface area contributed by atoms with Crippen molar-refractivity contribution in [1.82, 2.24) is 0 Å². The summed E-state index contributed by atoms with van der Waals surface area (Å²) in [6, 6.07) is 0. The number of aliphatic hydroxyl groups excluding tert-OH is 1. The van der Waals surface area contributed by atoms with E-state index in [1.165, 1.54) is 20.3 Å². The number of rotatable bonds is 3. The lowest BCUT2D eigenvalue weighted by Gasteiger charge is -2.52. The third kappa shape index (κ3) is 2.49. The van der Waals surface area contributed by atoms with Gasteiger partial charge in [-0.05, 0) is 18.9 Å². The zero-order valence-electron chi connectivity index (χ0n) is 18.0. The molecule has 1 N–H and O–H groups in total. The molecule has 1 aromatic heterocycles. The highest BCUT2D eigenvalue weighted by molar-refractivity contribution is 6.12. The van der Waals surface area contributed by atoms with Crippen molar-refractivity contribution in [3.05, 3.63) is 34.3 Å². The number of furan rings is 1. The van der Waals surface area contributed by atoms with E-state index in [1.54, 1.807) is 0 Å². The SMILES string of the molecule is COC[C@H]1OC(O)c2coc3c2[C@@]1(C)C1=C(C3=O)[C@@H]2CCC(=O)[C@@]2(C)C[C@H]1OC(C)=O. The zero-order chi connectivity index (χ0) is 22.3. The molecular weight excluding hydrogens is 404 g/mol. The third-order valence-electron chi connectivity index (χ3n) is 7.81. The predicted molar refractivity (Wildman–Crippen MR) is 105 cm³/mol. The molecule has 1 fully saturated rings. The number of esters is 1. The number of carbonyl (C=O) groups excluding carboxylic acids is 3. The van der Waals surface area contributed by atoms with Crippen LogP contribution in [0.1, 0.15) is 68.0 Å². The topological polar surface area (TPSA) is 112 Å². The minimum atomic E-state index is -1.26. The van der Waals surface area contributed by atoms with Gasteiger partial charge in [-0.3, -0.25) is 14.4 Å². The highest BCUT2D eigenvalue weighted by atomic mass is 16.6. The van der Waals surface area contributed by atoms with Gasteiger partial charge in [-0.1, -0.05) is 6.92 Å². The van der Waals surface area contributed by atoms with Crippen molar-refractivity contribution in [3.8, 4) is 0 Å². The summed E-state index contributed by atoms with van der Waals surface area (Å²) in [4.78, 5) is 38.6. The monoisotopic (exact) mass is 430 g/mol. The van der Waals surface area contributed by atoms with Gasteiger partial charge in [0.2, 0.25) is 5.78 Å². The van der Waals surface area contributed by atoms with E-state index in [-0.39, 0.29) is 29.9 Å². The summed E-state index contributed by atoms with van der Waals surface area (Å²) < 4.78 is 22.7. The number of ether oxygens (including phenoxy) is 3. The summed E-state index contributed by atoms with van der Waals surface area (Å²) in [6.45, 7) is 5.24. The highest BCUT2D eigenvalue weighted by Gasteiger charge is 2.64. The first kappa shape index (κ1) is 20.6. The molecule has 0 saturated heterocycles. The Morgan fingerprint density at radius 1 is 1.32 bits per heavy atom. The van der Waals surface area contributed by atoms with Gasteiger partial charge < -0.3 is 23.7 Å². The number of allylic oxidation sites excluding steroid dienone is 1. The largest absolute Gasteiger partial charge is 0.460 e. The van der Waals surface area contributed by atoms with E-state index in [2.05, 4.69) is 0 Å². The van der Waals surface area contributed by atoms with Gasteiger partial charge >= 0.3 is 5.97 Å². The molecule has 0 bridgehead atoms. The Hall–Kier alpha value is -2.29. The standard InChI is InChI=1S/C23H26O8/c1-10(24)30-13-7-22(2)12(5-6-14(22)25)16-18(13)23(3)15(9-28-4)31-21(27)11-8-29-20(17(11)23)19(16)26/h8,12-13,15,21,27H,5-7,9H2,1-4H3/t12-,13+,15+,21?,22-,23-/m0/s1. The molecule has 2 heterocycles. The van der Waals surface area contributed by atoms with Gasteiger partial charge in [0.25, 0.3) is 0 Å². The molecule has 0 radical (unpaired) electrons. The Morgan fingerprint density at radius 3 is 2.74 bits per heavy atom. The van der Waals surface area contributed by atoms with Crippen LogP contribution in [0.5, 0.6) is 0 Å². The van der Waals surface area contributed by atoms with Gasteiger partial charge in [0, 0.05) is 49.3 Å². The van der Waals surface area contributed by atoms with Crippen molar-refractivity contribution in [1.29, 1.82) is 0 Å². The summed E-state index contributed by atoms with van der Waals surface area (Å²) in [5.74, 6) is -0.845. The van der Waals surface area contributed by atoms with E-state index >= 15 is 0 Å². The number of Topliss-reactive ketones (excluding diaryl/α,β-unsaturated/α-hetero) is 2. The Kier molecular flexibility index (Phi) is 4.39. The van der Waals surface area contributed by atoms with Crippen LogP contribution in [0.3, 0.4) is 0 Å². The van der Waals surface area contributed by atoms with Crippen LogP contribution in [0.2, 0.25) is 0 Å². The number of hydrogen-bond acceptors (Lipinski definition) is 8. The number of ketones is 2. The molecule has 4 aliphatic rings. The molecule has 0 aromatic carbocycles. The van der Waals surface area contributed by atoms with E-state index in [0.29, 0.717) is 41.5 Å². The van der Waals surface area contributed by atoms with E-state index in [9.17, 15) is 19.5 Å². The van der Waals surface area contributed by atoms with Crippen molar-refractivity contribution in [2.45, 2.75) is 63.9 Å². The maximum atomic E-state index is 13.7. The number of aliphatic hydroxyl groups is 1.